The number of benzene rings is 1. The van der Waals surface area contributed by atoms with E-state index in [4.69, 9.17) is 16.0 Å². The summed E-state index contributed by atoms with van der Waals surface area (Å²) in [6, 6.07) is 9.38. The van der Waals surface area contributed by atoms with Crippen LogP contribution < -0.4 is 5.32 Å². The molecule has 2 aromatic heterocycles. The molecule has 1 aromatic carbocycles. The molecule has 0 saturated carbocycles. The van der Waals surface area contributed by atoms with Crippen LogP contribution in [0.4, 0.5) is 10.1 Å². The fourth-order valence-corrected chi connectivity index (χ4v) is 2.51. The highest BCUT2D eigenvalue weighted by atomic mass is 35.5. The Morgan fingerprint density at radius 3 is 2.71 bits per heavy atom. The summed E-state index contributed by atoms with van der Waals surface area (Å²) in [7, 11) is 0. The standard InChI is InChI=1S/C17H11ClFN3O2/c1-10-15(12(9-20)17(24-10)22-6-2-3-7-22)16(23)21-11-4-5-14(19)13(18)8-11/h2-8H,1H3,(H,21,23). The summed E-state index contributed by atoms with van der Waals surface area (Å²) in [4.78, 5) is 12.5. The molecule has 1 amide bonds. The Morgan fingerprint density at radius 1 is 1.38 bits per heavy atom. The molecule has 0 atom stereocenters. The van der Waals surface area contributed by atoms with Crippen LogP contribution in [-0.2, 0) is 0 Å². The number of hydrogen-bond acceptors (Lipinski definition) is 3. The van der Waals surface area contributed by atoms with Gasteiger partial charge < -0.3 is 9.73 Å². The van der Waals surface area contributed by atoms with Crippen molar-refractivity contribution in [1.29, 1.82) is 5.26 Å². The molecule has 24 heavy (non-hydrogen) atoms. The third-order valence-corrected chi connectivity index (χ3v) is 3.71. The second-order valence-electron chi connectivity index (χ2n) is 5.00. The minimum absolute atomic E-state index is 0.106. The zero-order chi connectivity index (χ0) is 17.3. The van der Waals surface area contributed by atoms with Crippen molar-refractivity contribution in [1.82, 2.24) is 4.57 Å². The zero-order valence-electron chi connectivity index (χ0n) is 12.5. The van der Waals surface area contributed by atoms with E-state index in [9.17, 15) is 14.4 Å². The minimum Gasteiger partial charge on any atom is -0.443 e. The SMILES string of the molecule is Cc1oc(-n2cccc2)c(C#N)c1C(=O)Nc1ccc(F)c(Cl)c1. The number of hydrogen-bond donors (Lipinski definition) is 1. The lowest BCUT2D eigenvalue weighted by molar-refractivity contribution is 0.102. The number of amides is 1. The van der Waals surface area contributed by atoms with E-state index < -0.39 is 11.7 Å². The number of nitriles is 1. The summed E-state index contributed by atoms with van der Waals surface area (Å²) in [5.74, 6) is -0.543. The van der Waals surface area contributed by atoms with Crippen LogP contribution in [-0.4, -0.2) is 10.5 Å². The summed E-state index contributed by atoms with van der Waals surface area (Å²) in [6.45, 7) is 1.60. The van der Waals surface area contributed by atoms with Crippen molar-refractivity contribution < 1.29 is 13.6 Å². The fraction of sp³-hybridized carbons (Fsp3) is 0.0588. The molecule has 3 aromatic rings. The lowest BCUT2D eigenvalue weighted by atomic mass is 10.1. The number of carbonyl (C=O) groups is 1. The van der Waals surface area contributed by atoms with Crippen molar-refractivity contribution in [3.05, 3.63) is 70.5 Å². The maximum absolute atomic E-state index is 13.2. The van der Waals surface area contributed by atoms with Gasteiger partial charge in [0.25, 0.3) is 5.91 Å². The predicted octanol–water partition coefficient (Wildman–Crippen LogP) is 4.30. The Morgan fingerprint density at radius 2 is 2.08 bits per heavy atom. The van der Waals surface area contributed by atoms with Crippen LogP contribution in [0.25, 0.3) is 5.88 Å². The average molecular weight is 344 g/mol. The molecule has 0 aliphatic heterocycles. The smallest absolute Gasteiger partial charge is 0.260 e. The topological polar surface area (TPSA) is 71.0 Å². The Bertz CT molecular complexity index is 955. The van der Waals surface area contributed by atoms with E-state index in [1.165, 1.54) is 12.1 Å². The van der Waals surface area contributed by atoms with Crippen molar-refractivity contribution >= 4 is 23.2 Å². The Kier molecular flexibility index (Phi) is 4.11. The maximum atomic E-state index is 13.2. The number of furan rings is 1. The van der Waals surface area contributed by atoms with E-state index in [1.54, 1.807) is 36.0 Å². The van der Waals surface area contributed by atoms with Crippen LogP contribution in [0.2, 0.25) is 5.02 Å². The Hall–Kier alpha value is -3.04. The molecule has 0 bridgehead atoms. The molecule has 1 N–H and O–H groups in total. The number of nitrogens with zero attached hydrogens (tertiary/aromatic N) is 2. The van der Waals surface area contributed by atoms with Crippen molar-refractivity contribution in [2.75, 3.05) is 5.32 Å². The lowest BCUT2D eigenvalue weighted by Crippen LogP contribution is -2.14. The van der Waals surface area contributed by atoms with Crippen molar-refractivity contribution in [3.63, 3.8) is 0 Å². The lowest BCUT2D eigenvalue weighted by Gasteiger charge is -2.05. The van der Waals surface area contributed by atoms with Gasteiger partial charge in [0.05, 0.1) is 5.02 Å². The zero-order valence-corrected chi connectivity index (χ0v) is 13.3. The minimum atomic E-state index is -0.582. The number of carbonyl (C=O) groups excluding carboxylic acids is 1. The van der Waals surface area contributed by atoms with Gasteiger partial charge in [-0.3, -0.25) is 9.36 Å². The summed E-state index contributed by atoms with van der Waals surface area (Å²) < 4.78 is 20.4. The first-order chi connectivity index (χ1) is 11.5. The molecule has 0 spiro atoms. The fourth-order valence-electron chi connectivity index (χ4n) is 2.33. The van der Waals surface area contributed by atoms with Crippen LogP contribution in [0, 0.1) is 24.1 Å². The van der Waals surface area contributed by atoms with E-state index in [-0.39, 0.29) is 22.0 Å². The number of nitrogens with one attached hydrogen (secondary N) is 1. The van der Waals surface area contributed by atoms with Gasteiger partial charge in [0.2, 0.25) is 5.88 Å². The van der Waals surface area contributed by atoms with E-state index in [1.807, 2.05) is 6.07 Å². The first-order valence-corrected chi connectivity index (χ1v) is 7.32. The van der Waals surface area contributed by atoms with Gasteiger partial charge in [0.15, 0.2) is 0 Å². The van der Waals surface area contributed by atoms with Gasteiger partial charge in [-0.25, -0.2) is 4.39 Å². The van der Waals surface area contributed by atoms with E-state index in [2.05, 4.69) is 5.32 Å². The number of halogens is 2. The van der Waals surface area contributed by atoms with Crippen molar-refractivity contribution in [3.8, 4) is 12.0 Å². The summed E-state index contributed by atoms with van der Waals surface area (Å²) in [6.07, 6.45) is 3.42. The second kappa shape index (κ2) is 6.22. The van der Waals surface area contributed by atoms with Crippen LogP contribution in [0.5, 0.6) is 0 Å². The molecule has 120 valence electrons. The van der Waals surface area contributed by atoms with E-state index >= 15 is 0 Å². The molecule has 0 aliphatic rings. The molecule has 2 heterocycles. The molecule has 0 aliphatic carbocycles. The van der Waals surface area contributed by atoms with Crippen LogP contribution in [0.3, 0.4) is 0 Å². The summed E-state index contributed by atoms with van der Waals surface area (Å²) in [5.41, 5.74) is 0.564. The van der Waals surface area contributed by atoms with Crippen LogP contribution in [0.15, 0.2) is 47.1 Å². The quantitative estimate of drug-likeness (QED) is 0.771. The van der Waals surface area contributed by atoms with E-state index in [0.29, 0.717) is 11.4 Å². The third kappa shape index (κ3) is 2.77. The highest BCUT2D eigenvalue weighted by Gasteiger charge is 2.24. The third-order valence-electron chi connectivity index (χ3n) is 3.42. The molecule has 0 unspecified atom stereocenters. The van der Waals surface area contributed by atoms with Crippen molar-refractivity contribution in [2.24, 2.45) is 0 Å². The first kappa shape index (κ1) is 15.8. The number of rotatable bonds is 3. The second-order valence-corrected chi connectivity index (χ2v) is 5.41. The highest BCUT2D eigenvalue weighted by molar-refractivity contribution is 6.31. The summed E-state index contributed by atoms with van der Waals surface area (Å²) in [5, 5.41) is 11.9. The molecule has 7 heteroatoms. The molecular formula is C17H11ClFN3O2. The maximum Gasteiger partial charge on any atom is 0.260 e. The normalized spacial score (nSPS) is 10.4. The first-order valence-electron chi connectivity index (χ1n) is 6.94. The summed E-state index contributed by atoms with van der Waals surface area (Å²) >= 11 is 5.70. The molecule has 0 saturated heterocycles. The average Bonchev–Trinajstić information content (AvgIpc) is 3.17. The monoisotopic (exact) mass is 343 g/mol. The van der Waals surface area contributed by atoms with Gasteiger partial charge in [-0.15, -0.1) is 0 Å². The number of aromatic nitrogens is 1. The van der Waals surface area contributed by atoms with Crippen LogP contribution >= 0.6 is 11.6 Å². The van der Waals surface area contributed by atoms with Gasteiger partial charge in [-0.1, -0.05) is 11.6 Å². The molecule has 0 radical (unpaired) electrons. The Labute approximate surface area is 141 Å². The largest absolute Gasteiger partial charge is 0.443 e. The molecular weight excluding hydrogens is 333 g/mol. The van der Waals surface area contributed by atoms with E-state index in [0.717, 1.165) is 6.07 Å². The van der Waals surface area contributed by atoms with Crippen molar-refractivity contribution in [2.45, 2.75) is 6.92 Å². The predicted molar refractivity (Wildman–Crippen MR) is 86.9 cm³/mol. The number of aryl methyl sites for hydroxylation is 1. The Balaban J connectivity index is 1.98. The van der Waals surface area contributed by atoms with Crippen LogP contribution in [0.1, 0.15) is 21.7 Å². The van der Waals surface area contributed by atoms with Gasteiger partial charge in [0.1, 0.15) is 28.8 Å². The number of anilines is 1. The molecule has 5 nitrogen and oxygen atoms in total. The molecule has 0 fully saturated rings. The highest BCUT2D eigenvalue weighted by Crippen LogP contribution is 2.27. The van der Waals surface area contributed by atoms with Gasteiger partial charge in [0, 0.05) is 18.1 Å². The molecule has 3 rings (SSSR count). The van der Waals surface area contributed by atoms with Gasteiger partial charge in [-0.05, 0) is 37.3 Å². The van der Waals surface area contributed by atoms with Gasteiger partial charge in [-0.2, -0.15) is 5.26 Å². The van der Waals surface area contributed by atoms with Gasteiger partial charge >= 0.3 is 0 Å².